The van der Waals surface area contributed by atoms with E-state index in [9.17, 15) is 14.7 Å². The number of hydrogen-bond acceptors (Lipinski definition) is 4. The molecule has 0 saturated carbocycles. The molecule has 29 heavy (non-hydrogen) atoms. The van der Waals surface area contributed by atoms with Crippen LogP contribution in [0.2, 0.25) is 0 Å². The van der Waals surface area contributed by atoms with Gasteiger partial charge in [0.2, 0.25) is 11.8 Å². The normalized spacial score (nSPS) is 10.9. The average Bonchev–Trinajstić information content (AvgIpc) is 2.69. The zero-order valence-corrected chi connectivity index (χ0v) is 17.1. The Morgan fingerprint density at radius 3 is 2.62 bits per heavy atom. The topological polar surface area (TPSA) is 90.8 Å². The fraction of sp³-hybridized carbons (Fsp3) is 0.136. The molecule has 0 saturated heterocycles. The van der Waals surface area contributed by atoms with Crippen LogP contribution in [0.15, 0.2) is 70.2 Å². The Hall–Kier alpha value is -3.19. The number of benzene rings is 3. The molecule has 3 aromatic rings. The predicted octanol–water partition coefficient (Wildman–Crippen LogP) is 4.57. The molecular weight excluding hydrogens is 434 g/mol. The minimum Gasteiger partial charge on any atom is -0.507 e. The maximum Gasteiger partial charge on any atom is 0.240 e. The molecule has 2 amide bonds. The van der Waals surface area contributed by atoms with Gasteiger partial charge in [0.15, 0.2) is 0 Å². The number of halogens is 1. The molecule has 3 aromatic carbocycles. The Bertz CT molecular complexity index is 1070. The Balaban J connectivity index is 1.47. The second kappa shape index (κ2) is 9.84. The summed E-state index contributed by atoms with van der Waals surface area (Å²) in [5.74, 6) is -0.359. The standard InChI is InChI=1S/C22H20BrN3O3/c23-16-6-3-7-17(13-16)25-21(28)9-4-10-22(29)26-24-14-19-18-8-2-1-5-15(18)11-12-20(19)27/h1-3,5-8,11-14,27H,4,9-10H2,(H,25,28)(H,26,29)/b24-14+. The summed E-state index contributed by atoms with van der Waals surface area (Å²) >= 11 is 3.35. The highest BCUT2D eigenvalue weighted by atomic mass is 79.9. The lowest BCUT2D eigenvalue weighted by atomic mass is 10.0. The molecule has 3 rings (SSSR count). The van der Waals surface area contributed by atoms with Gasteiger partial charge < -0.3 is 10.4 Å². The monoisotopic (exact) mass is 453 g/mol. The van der Waals surface area contributed by atoms with E-state index in [0.29, 0.717) is 17.7 Å². The van der Waals surface area contributed by atoms with Crippen LogP contribution in [0.4, 0.5) is 5.69 Å². The third-order valence-electron chi connectivity index (χ3n) is 4.25. The van der Waals surface area contributed by atoms with Crippen molar-refractivity contribution >= 4 is 50.4 Å². The van der Waals surface area contributed by atoms with Gasteiger partial charge in [-0.15, -0.1) is 0 Å². The van der Waals surface area contributed by atoms with Crippen LogP contribution in [-0.4, -0.2) is 23.1 Å². The number of aromatic hydroxyl groups is 1. The number of hydrazone groups is 1. The quantitative estimate of drug-likeness (QED) is 0.361. The van der Waals surface area contributed by atoms with Crippen LogP contribution < -0.4 is 10.7 Å². The molecule has 0 bridgehead atoms. The van der Waals surface area contributed by atoms with Gasteiger partial charge >= 0.3 is 0 Å². The van der Waals surface area contributed by atoms with Gasteiger partial charge in [-0.1, -0.05) is 52.3 Å². The number of anilines is 1. The number of rotatable bonds is 7. The van der Waals surface area contributed by atoms with Crippen molar-refractivity contribution in [1.82, 2.24) is 5.43 Å². The van der Waals surface area contributed by atoms with Gasteiger partial charge in [-0.3, -0.25) is 9.59 Å². The summed E-state index contributed by atoms with van der Waals surface area (Å²) in [7, 11) is 0. The number of phenolic OH excluding ortho intramolecular Hbond substituents is 1. The summed E-state index contributed by atoms with van der Waals surface area (Å²) in [6, 6.07) is 18.3. The second-order valence-electron chi connectivity index (χ2n) is 6.42. The lowest BCUT2D eigenvalue weighted by Crippen LogP contribution is -2.18. The van der Waals surface area contributed by atoms with Crippen LogP contribution in [0.3, 0.4) is 0 Å². The first-order chi connectivity index (χ1) is 14.0. The van der Waals surface area contributed by atoms with Gasteiger partial charge in [-0.25, -0.2) is 5.43 Å². The van der Waals surface area contributed by atoms with E-state index in [4.69, 9.17) is 0 Å². The molecule has 3 N–H and O–H groups in total. The number of nitrogens with zero attached hydrogens (tertiary/aromatic N) is 1. The minimum absolute atomic E-state index is 0.0888. The van der Waals surface area contributed by atoms with Crippen molar-refractivity contribution in [1.29, 1.82) is 0 Å². The summed E-state index contributed by atoms with van der Waals surface area (Å²) in [6.45, 7) is 0. The van der Waals surface area contributed by atoms with Crippen molar-refractivity contribution in [3.8, 4) is 5.75 Å². The fourth-order valence-electron chi connectivity index (χ4n) is 2.84. The first-order valence-electron chi connectivity index (χ1n) is 9.11. The number of fused-ring (bicyclic) bond motifs is 1. The van der Waals surface area contributed by atoms with Crippen LogP contribution >= 0.6 is 15.9 Å². The molecule has 0 atom stereocenters. The third kappa shape index (κ3) is 5.89. The third-order valence-corrected chi connectivity index (χ3v) is 4.74. The summed E-state index contributed by atoms with van der Waals surface area (Å²) in [6.07, 6.45) is 2.23. The van der Waals surface area contributed by atoms with Gasteiger partial charge in [0.1, 0.15) is 5.75 Å². The van der Waals surface area contributed by atoms with Crippen molar-refractivity contribution in [3.05, 3.63) is 70.7 Å². The minimum atomic E-state index is -0.295. The van der Waals surface area contributed by atoms with Crippen LogP contribution in [0, 0.1) is 0 Å². The zero-order valence-electron chi connectivity index (χ0n) is 15.6. The molecule has 0 aliphatic heterocycles. The maximum atomic E-state index is 12.0. The number of phenols is 1. The number of amides is 2. The maximum absolute atomic E-state index is 12.0. The second-order valence-corrected chi connectivity index (χ2v) is 7.34. The van der Waals surface area contributed by atoms with Gasteiger partial charge in [-0.2, -0.15) is 5.10 Å². The van der Waals surface area contributed by atoms with Gasteiger partial charge in [0.25, 0.3) is 0 Å². The molecule has 0 fully saturated rings. The molecule has 0 radical (unpaired) electrons. The Morgan fingerprint density at radius 1 is 1.00 bits per heavy atom. The highest BCUT2D eigenvalue weighted by molar-refractivity contribution is 9.10. The van der Waals surface area contributed by atoms with E-state index < -0.39 is 0 Å². The van der Waals surface area contributed by atoms with E-state index in [0.717, 1.165) is 15.2 Å². The Kier molecular flexibility index (Phi) is 6.97. The van der Waals surface area contributed by atoms with Crippen molar-refractivity contribution in [3.63, 3.8) is 0 Å². The molecule has 0 aliphatic carbocycles. The van der Waals surface area contributed by atoms with Crippen molar-refractivity contribution < 1.29 is 14.7 Å². The largest absolute Gasteiger partial charge is 0.507 e. The molecular formula is C22H20BrN3O3. The predicted molar refractivity (Wildman–Crippen MR) is 118 cm³/mol. The molecule has 148 valence electrons. The van der Waals surface area contributed by atoms with Crippen LogP contribution in [0.25, 0.3) is 10.8 Å². The van der Waals surface area contributed by atoms with Gasteiger partial charge in [-0.05, 0) is 41.5 Å². The Morgan fingerprint density at radius 2 is 1.79 bits per heavy atom. The highest BCUT2D eigenvalue weighted by Gasteiger charge is 2.07. The van der Waals surface area contributed by atoms with Crippen molar-refractivity contribution in [2.75, 3.05) is 5.32 Å². The highest BCUT2D eigenvalue weighted by Crippen LogP contribution is 2.25. The molecule has 0 spiro atoms. The van der Waals surface area contributed by atoms with Crippen LogP contribution in [0.5, 0.6) is 5.75 Å². The Labute approximate surface area is 176 Å². The van der Waals surface area contributed by atoms with E-state index >= 15 is 0 Å². The van der Waals surface area contributed by atoms with E-state index in [1.54, 1.807) is 12.1 Å². The number of carbonyl (C=O) groups excluding carboxylic acids is 2. The van der Waals surface area contributed by atoms with Gasteiger partial charge in [0, 0.05) is 28.6 Å². The van der Waals surface area contributed by atoms with E-state index in [1.165, 1.54) is 6.21 Å². The first-order valence-corrected chi connectivity index (χ1v) is 9.90. The summed E-state index contributed by atoms with van der Waals surface area (Å²) in [5.41, 5.74) is 3.68. The summed E-state index contributed by atoms with van der Waals surface area (Å²) < 4.78 is 0.879. The van der Waals surface area contributed by atoms with Gasteiger partial charge in [0.05, 0.1) is 6.21 Å². The SMILES string of the molecule is O=C(CCCC(=O)Nc1cccc(Br)c1)N/N=C/c1c(O)ccc2ccccc12. The number of carbonyl (C=O) groups is 2. The van der Waals surface area contributed by atoms with Crippen LogP contribution in [0.1, 0.15) is 24.8 Å². The molecule has 0 heterocycles. The summed E-state index contributed by atoms with van der Waals surface area (Å²) in [5, 5.41) is 18.6. The molecule has 0 unspecified atom stereocenters. The smallest absolute Gasteiger partial charge is 0.240 e. The molecule has 7 heteroatoms. The van der Waals surface area contributed by atoms with Crippen molar-refractivity contribution in [2.24, 2.45) is 5.10 Å². The zero-order chi connectivity index (χ0) is 20.6. The van der Waals surface area contributed by atoms with Crippen LogP contribution in [-0.2, 0) is 9.59 Å². The van der Waals surface area contributed by atoms with E-state index in [1.807, 2.05) is 48.5 Å². The van der Waals surface area contributed by atoms with Crippen molar-refractivity contribution in [2.45, 2.75) is 19.3 Å². The summed E-state index contributed by atoms with van der Waals surface area (Å²) in [4.78, 5) is 23.9. The first kappa shape index (κ1) is 20.5. The lowest BCUT2D eigenvalue weighted by Gasteiger charge is -2.06. The number of hydrogen-bond donors (Lipinski definition) is 3. The lowest BCUT2D eigenvalue weighted by molar-refractivity contribution is -0.121. The van der Waals surface area contributed by atoms with E-state index in [-0.39, 0.29) is 30.4 Å². The average molecular weight is 454 g/mol. The van der Waals surface area contributed by atoms with E-state index in [2.05, 4.69) is 31.8 Å². The molecule has 6 nitrogen and oxygen atoms in total. The molecule has 0 aromatic heterocycles. The molecule has 0 aliphatic rings. The number of nitrogens with one attached hydrogen (secondary N) is 2. The fourth-order valence-corrected chi connectivity index (χ4v) is 3.24.